The minimum absolute atomic E-state index is 0.276. The lowest BCUT2D eigenvalue weighted by Gasteiger charge is -2.05. The van der Waals surface area contributed by atoms with E-state index < -0.39 is 0 Å². The Balaban J connectivity index is 2.09. The predicted octanol–water partition coefficient (Wildman–Crippen LogP) is 2.13. The zero-order valence-electron chi connectivity index (χ0n) is 9.94. The number of anilines is 1. The van der Waals surface area contributed by atoms with Gasteiger partial charge in [-0.3, -0.25) is 4.68 Å². The van der Waals surface area contributed by atoms with E-state index in [-0.39, 0.29) is 11.6 Å². The zero-order valence-corrected chi connectivity index (χ0v) is 9.94. The summed E-state index contributed by atoms with van der Waals surface area (Å²) in [5, 5.41) is 7.30. The van der Waals surface area contributed by atoms with Crippen molar-refractivity contribution in [2.75, 3.05) is 5.32 Å². The first-order chi connectivity index (χ1) is 8.20. The van der Waals surface area contributed by atoms with Gasteiger partial charge in [-0.1, -0.05) is 6.92 Å². The molecule has 17 heavy (non-hydrogen) atoms. The first-order valence-corrected chi connectivity index (χ1v) is 5.56. The number of rotatable bonds is 4. The van der Waals surface area contributed by atoms with Gasteiger partial charge in [0.25, 0.3) is 0 Å². The van der Waals surface area contributed by atoms with E-state index in [1.165, 1.54) is 6.07 Å². The van der Waals surface area contributed by atoms with Gasteiger partial charge in [0.15, 0.2) is 11.6 Å². The van der Waals surface area contributed by atoms with Crippen LogP contribution in [0.5, 0.6) is 0 Å². The fourth-order valence-corrected chi connectivity index (χ4v) is 1.72. The van der Waals surface area contributed by atoms with Crippen molar-refractivity contribution in [2.45, 2.75) is 19.9 Å². The monoisotopic (exact) mass is 234 g/mol. The predicted molar refractivity (Wildman–Crippen MR) is 64.1 cm³/mol. The van der Waals surface area contributed by atoms with E-state index in [1.807, 2.05) is 20.2 Å². The standard InChI is InChI=1S/C12H15FN4/c1-3-11-9(8-17(2)16-11)7-15-12-10(13)5-4-6-14-12/h4-6,8H,3,7H2,1-2H3,(H,14,15). The zero-order chi connectivity index (χ0) is 12.3. The Labute approximate surface area is 99.5 Å². The molecule has 0 aliphatic heterocycles. The van der Waals surface area contributed by atoms with Crippen molar-refractivity contribution in [3.8, 4) is 0 Å². The Bertz CT molecular complexity index is 507. The molecule has 2 heterocycles. The van der Waals surface area contributed by atoms with Crippen LogP contribution in [0.25, 0.3) is 0 Å². The maximum absolute atomic E-state index is 13.3. The van der Waals surface area contributed by atoms with Crippen molar-refractivity contribution in [3.05, 3.63) is 41.6 Å². The highest BCUT2D eigenvalue weighted by atomic mass is 19.1. The van der Waals surface area contributed by atoms with E-state index in [4.69, 9.17) is 0 Å². The van der Waals surface area contributed by atoms with Crippen molar-refractivity contribution in [3.63, 3.8) is 0 Å². The third-order valence-electron chi connectivity index (χ3n) is 2.53. The molecule has 90 valence electrons. The molecule has 0 fully saturated rings. The van der Waals surface area contributed by atoms with Crippen molar-refractivity contribution >= 4 is 5.82 Å². The van der Waals surface area contributed by atoms with Gasteiger partial charge in [0.1, 0.15) is 0 Å². The maximum atomic E-state index is 13.3. The average Bonchev–Trinajstić information content (AvgIpc) is 2.69. The molecule has 0 aromatic carbocycles. The fraction of sp³-hybridized carbons (Fsp3) is 0.333. The fourth-order valence-electron chi connectivity index (χ4n) is 1.72. The van der Waals surface area contributed by atoms with Gasteiger partial charge in [-0.05, 0) is 18.6 Å². The molecule has 2 rings (SSSR count). The van der Waals surface area contributed by atoms with E-state index in [9.17, 15) is 4.39 Å². The van der Waals surface area contributed by atoms with E-state index in [2.05, 4.69) is 15.4 Å². The Kier molecular flexibility index (Phi) is 3.37. The van der Waals surface area contributed by atoms with Crippen LogP contribution < -0.4 is 5.32 Å². The summed E-state index contributed by atoms with van der Waals surface area (Å²) in [4.78, 5) is 3.94. The molecule has 5 heteroatoms. The summed E-state index contributed by atoms with van der Waals surface area (Å²) in [6.07, 6.45) is 4.37. The molecule has 0 saturated heterocycles. The number of nitrogens with zero attached hydrogens (tertiary/aromatic N) is 3. The second kappa shape index (κ2) is 4.95. The number of halogens is 1. The van der Waals surface area contributed by atoms with Gasteiger partial charge in [0.2, 0.25) is 0 Å². The van der Waals surface area contributed by atoms with Crippen LogP contribution >= 0.6 is 0 Å². The molecule has 0 aliphatic rings. The number of aryl methyl sites for hydroxylation is 2. The molecule has 4 nitrogen and oxygen atoms in total. The molecular formula is C12H15FN4. The summed E-state index contributed by atoms with van der Waals surface area (Å²) in [7, 11) is 1.88. The quantitative estimate of drug-likeness (QED) is 0.881. The van der Waals surface area contributed by atoms with Crippen LogP contribution in [0.3, 0.4) is 0 Å². The minimum Gasteiger partial charge on any atom is -0.363 e. The number of hydrogen-bond acceptors (Lipinski definition) is 3. The summed E-state index contributed by atoms with van der Waals surface area (Å²) in [5.41, 5.74) is 2.09. The molecule has 0 atom stereocenters. The van der Waals surface area contributed by atoms with Crippen LogP contribution in [0.4, 0.5) is 10.2 Å². The molecule has 0 spiro atoms. The van der Waals surface area contributed by atoms with Crippen LogP contribution in [0.1, 0.15) is 18.2 Å². The van der Waals surface area contributed by atoms with Gasteiger partial charge in [-0.25, -0.2) is 9.37 Å². The van der Waals surface area contributed by atoms with Crippen LogP contribution in [-0.4, -0.2) is 14.8 Å². The topological polar surface area (TPSA) is 42.7 Å². The Morgan fingerprint density at radius 1 is 1.47 bits per heavy atom. The largest absolute Gasteiger partial charge is 0.363 e. The van der Waals surface area contributed by atoms with Crippen LogP contribution in [-0.2, 0) is 20.0 Å². The molecule has 2 aromatic rings. The van der Waals surface area contributed by atoms with Gasteiger partial charge in [0.05, 0.1) is 5.69 Å². The van der Waals surface area contributed by atoms with Crippen molar-refractivity contribution in [2.24, 2.45) is 7.05 Å². The Morgan fingerprint density at radius 2 is 2.29 bits per heavy atom. The lowest BCUT2D eigenvalue weighted by atomic mass is 10.2. The van der Waals surface area contributed by atoms with Gasteiger partial charge >= 0.3 is 0 Å². The highest BCUT2D eigenvalue weighted by Gasteiger charge is 2.07. The minimum atomic E-state index is -0.338. The molecule has 0 saturated carbocycles. The smallest absolute Gasteiger partial charge is 0.165 e. The Hall–Kier alpha value is -1.91. The van der Waals surface area contributed by atoms with Gasteiger partial charge in [-0.2, -0.15) is 5.10 Å². The number of pyridine rings is 1. The van der Waals surface area contributed by atoms with Crippen molar-refractivity contribution in [1.29, 1.82) is 0 Å². The highest BCUT2D eigenvalue weighted by molar-refractivity contribution is 5.37. The van der Waals surface area contributed by atoms with E-state index >= 15 is 0 Å². The third-order valence-corrected chi connectivity index (χ3v) is 2.53. The highest BCUT2D eigenvalue weighted by Crippen LogP contribution is 2.12. The molecule has 2 aromatic heterocycles. The molecular weight excluding hydrogens is 219 g/mol. The maximum Gasteiger partial charge on any atom is 0.165 e. The number of hydrogen-bond donors (Lipinski definition) is 1. The molecule has 0 amide bonds. The summed E-state index contributed by atoms with van der Waals surface area (Å²) in [6, 6.07) is 2.96. The first-order valence-electron chi connectivity index (χ1n) is 5.56. The van der Waals surface area contributed by atoms with E-state index in [0.29, 0.717) is 6.54 Å². The summed E-state index contributed by atoms with van der Waals surface area (Å²) in [6.45, 7) is 2.58. The van der Waals surface area contributed by atoms with Gasteiger partial charge in [0, 0.05) is 31.5 Å². The number of nitrogens with one attached hydrogen (secondary N) is 1. The first kappa shape index (κ1) is 11.6. The van der Waals surface area contributed by atoms with E-state index in [1.54, 1.807) is 16.9 Å². The summed E-state index contributed by atoms with van der Waals surface area (Å²) >= 11 is 0. The SMILES string of the molecule is CCc1nn(C)cc1CNc1ncccc1F. The average molecular weight is 234 g/mol. The van der Waals surface area contributed by atoms with E-state index in [0.717, 1.165) is 17.7 Å². The van der Waals surface area contributed by atoms with Crippen molar-refractivity contribution < 1.29 is 4.39 Å². The normalized spacial score (nSPS) is 10.5. The van der Waals surface area contributed by atoms with Crippen molar-refractivity contribution in [1.82, 2.24) is 14.8 Å². The van der Waals surface area contributed by atoms with Crippen LogP contribution in [0.2, 0.25) is 0 Å². The van der Waals surface area contributed by atoms with Crippen LogP contribution in [0, 0.1) is 5.82 Å². The van der Waals surface area contributed by atoms with Gasteiger partial charge < -0.3 is 5.32 Å². The van der Waals surface area contributed by atoms with Gasteiger partial charge in [-0.15, -0.1) is 0 Å². The molecule has 0 bridgehead atoms. The second-order valence-corrected chi connectivity index (χ2v) is 3.82. The second-order valence-electron chi connectivity index (χ2n) is 3.82. The summed E-state index contributed by atoms with van der Waals surface area (Å²) in [5.74, 6) is -0.0622. The molecule has 1 N–H and O–H groups in total. The third kappa shape index (κ3) is 2.61. The molecule has 0 unspecified atom stereocenters. The van der Waals surface area contributed by atoms with Crippen LogP contribution in [0.15, 0.2) is 24.5 Å². The lowest BCUT2D eigenvalue weighted by molar-refractivity contribution is 0.624. The lowest BCUT2D eigenvalue weighted by Crippen LogP contribution is -2.04. The molecule has 0 aliphatic carbocycles. The number of aromatic nitrogens is 3. The Morgan fingerprint density at radius 3 is 3.00 bits per heavy atom. The summed E-state index contributed by atoms with van der Waals surface area (Å²) < 4.78 is 15.1. The molecule has 0 radical (unpaired) electrons.